The number of nitrogens with one attached hydrogen (secondary N) is 1. The monoisotopic (exact) mass is 281 g/mol. The van der Waals surface area contributed by atoms with Crippen LogP contribution < -0.4 is 5.32 Å². The van der Waals surface area contributed by atoms with Crippen LogP contribution in [0.3, 0.4) is 0 Å². The Hall–Kier alpha value is -1.32. The van der Waals surface area contributed by atoms with Gasteiger partial charge in [0, 0.05) is 23.0 Å². The van der Waals surface area contributed by atoms with Gasteiger partial charge >= 0.3 is 0 Å². The van der Waals surface area contributed by atoms with Crippen LogP contribution in [0.1, 0.15) is 29.9 Å². The molecule has 0 fully saturated rings. The summed E-state index contributed by atoms with van der Waals surface area (Å²) in [4.78, 5) is 0. The van der Waals surface area contributed by atoms with Crippen LogP contribution in [0, 0.1) is 5.82 Å². The van der Waals surface area contributed by atoms with Crippen LogP contribution in [-0.4, -0.2) is 7.05 Å². The molecule has 2 nitrogen and oxygen atoms in total. The third kappa shape index (κ3) is 3.17. The molecule has 1 aromatic heterocycles. The standard InChI is InChI=1S/C15H17ClFNO/c1-3-15-12(6-7-19-15)14(18-2)8-10-4-5-11(17)9-13(10)16/h4-7,9,14,18H,3,8H2,1-2H3. The van der Waals surface area contributed by atoms with Crippen LogP contribution in [0.2, 0.25) is 5.02 Å². The van der Waals surface area contributed by atoms with Gasteiger partial charge in [-0.15, -0.1) is 0 Å². The summed E-state index contributed by atoms with van der Waals surface area (Å²) in [5, 5.41) is 3.72. The molecule has 0 aliphatic rings. The molecule has 1 N–H and O–H groups in total. The summed E-state index contributed by atoms with van der Waals surface area (Å²) in [5.74, 6) is 0.657. The largest absolute Gasteiger partial charge is 0.469 e. The molecule has 2 aromatic rings. The summed E-state index contributed by atoms with van der Waals surface area (Å²) in [6.07, 6.45) is 3.24. The van der Waals surface area contributed by atoms with E-state index in [2.05, 4.69) is 12.2 Å². The fraction of sp³-hybridized carbons (Fsp3) is 0.333. The first kappa shape index (κ1) is 14.1. The Balaban J connectivity index is 2.24. The van der Waals surface area contributed by atoms with E-state index in [1.165, 1.54) is 12.1 Å². The lowest BCUT2D eigenvalue weighted by Gasteiger charge is -2.17. The van der Waals surface area contributed by atoms with Crippen LogP contribution in [0.5, 0.6) is 0 Å². The molecule has 0 bridgehead atoms. The Morgan fingerprint density at radius 2 is 2.16 bits per heavy atom. The first-order valence-corrected chi connectivity index (χ1v) is 6.71. The molecule has 1 aromatic carbocycles. The maximum absolute atomic E-state index is 13.0. The van der Waals surface area contributed by atoms with Gasteiger partial charge in [-0.2, -0.15) is 0 Å². The number of aryl methyl sites for hydroxylation is 1. The van der Waals surface area contributed by atoms with Crippen LogP contribution in [0.4, 0.5) is 4.39 Å². The Labute approximate surface area is 117 Å². The Bertz CT molecular complexity index is 553. The van der Waals surface area contributed by atoms with Gasteiger partial charge in [-0.1, -0.05) is 24.6 Å². The summed E-state index contributed by atoms with van der Waals surface area (Å²) in [7, 11) is 1.90. The van der Waals surface area contributed by atoms with Crippen molar-refractivity contribution in [2.24, 2.45) is 0 Å². The van der Waals surface area contributed by atoms with Crippen LogP contribution in [0.15, 0.2) is 34.9 Å². The Morgan fingerprint density at radius 3 is 2.79 bits per heavy atom. The molecule has 0 amide bonds. The normalized spacial score (nSPS) is 12.6. The lowest BCUT2D eigenvalue weighted by Crippen LogP contribution is -2.19. The first-order valence-electron chi connectivity index (χ1n) is 6.33. The second-order valence-electron chi connectivity index (χ2n) is 4.43. The fourth-order valence-corrected chi connectivity index (χ4v) is 2.47. The van der Waals surface area contributed by atoms with E-state index in [0.29, 0.717) is 11.4 Å². The second kappa shape index (κ2) is 6.22. The average molecular weight is 282 g/mol. The van der Waals surface area contributed by atoms with Gasteiger partial charge < -0.3 is 9.73 Å². The number of hydrogen-bond donors (Lipinski definition) is 1. The minimum absolute atomic E-state index is 0.108. The van der Waals surface area contributed by atoms with E-state index in [-0.39, 0.29) is 11.9 Å². The van der Waals surface area contributed by atoms with Crippen molar-refractivity contribution >= 4 is 11.6 Å². The second-order valence-corrected chi connectivity index (χ2v) is 4.84. The van der Waals surface area contributed by atoms with Gasteiger partial charge in [0.15, 0.2) is 0 Å². The zero-order valence-corrected chi connectivity index (χ0v) is 11.8. The summed E-state index contributed by atoms with van der Waals surface area (Å²) in [5.41, 5.74) is 2.05. The van der Waals surface area contributed by atoms with Crippen molar-refractivity contribution in [3.05, 3.63) is 58.3 Å². The van der Waals surface area contributed by atoms with E-state index >= 15 is 0 Å². The van der Waals surface area contributed by atoms with Crippen molar-refractivity contribution in [1.82, 2.24) is 5.32 Å². The molecule has 0 aliphatic heterocycles. The van der Waals surface area contributed by atoms with Gasteiger partial charge in [-0.25, -0.2) is 4.39 Å². The molecule has 1 atom stereocenters. The van der Waals surface area contributed by atoms with E-state index in [9.17, 15) is 4.39 Å². The molecule has 19 heavy (non-hydrogen) atoms. The molecular weight excluding hydrogens is 265 g/mol. The molecule has 4 heteroatoms. The fourth-order valence-electron chi connectivity index (χ4n) is 2.22. The topological polar surface area (TPSA) is 25.2 Å². The quantitative estimate of drug-likeness (QED) is 0.891. The minimum Gasteiger partial charge on any atom is -0.469 e. The predicted octanol–water partition coefficient (Wildman–Crippen LogP) is 4.14. The SMILES string of the molecule is CCc1occc1C(Cc1ccc(F)cc1Cl)NC. The van der Waals surface area contributed by atoms with E-state index in [1.54, 1.807) is 12.3 Å². The van der Waals surface area contributed by atoms with E-state index < -0.39 is 0 Å². The predicted molar refractivity (Wildman–Crippen MR) is 75.0 cm³/mol. The van der Waals surface area contributed by atoms with E-state index in [4.69, 9.17) is 16.0 Å². The molecule has 1 heterocycles. The van der Waals surface area contributed by atoms with E-state index in [0.717, 1.165) is 23.3 Å². The van der Waals surface area contributed by atoms with Crippen molar-refractivity contribution in [2.45, 2.75) is 25.8 Å². The number of benzene rings is 1. The highest BCUT2D eigenvalue weighted by Crippen LogP contribution is 2.27. The van der Waals surface area contributed by atoms with Gasteiger partial charge in [0.25, 0.3) is 0 Å². The highest BCUT2D eigenvalue weighted by molar-refractivity contribution is 6.31. The number of halogens is 2. The number of rotatable bonds is 5. The molecule has 0 radical (unpaired) electrons. The van der Waals surface area contributed by atoms with Gasteiger partial charge in [-0.3, -0.25) is 0 Å². The molecular formula is C15H17ClFNO. The van der Waals surface area contributed by atoms with Crippen molar-refractivity contribution in [2.75, 3.05) is 7.05 Å². The summed E-state index contributed by atoms with van der Waals surface area (Å²) in [6, 6.07) is 6.59. The maximum atomic E-state index is 13.0. The lowest BCUT2D eigenvalue weighted by molar-refractivity contribution is 0.495. The third-order valence-corrected chi connectivity index (χ3v) is 3.62. The molecule has 2 rings (SSSR count). The highest BCUT2D eigenvalue weighted by Gasteiger charge is 2.17. The molecule has 0 saturated heterocycles. The van der Waals surface area contributed by atoms with Gasteiger partial charge in [0.05, 0.1) is 6.26 Å². The van der Waals surface area contributed by atoms with Gasteiger partial charge in [-0.05, 0) is 37.2 Å². The van der Waals surface area contributed by atoms with Crippen LogP contribution in [0.25, 0.3) is 0 Å². The van der Waals surface area contributed by atoms with Crippen molar-refractivity contribution in [3.63, 3.8) is 0 Å². The van der Waals surface area contributed by atoms with Crippen molar-refractivity contribution in [3.8, 4) is 0 Å². The Morgan fingerprint density at radius 1 is 1.37 bits per heavy atom. The molecule has 0 saturated carbocycles. The first-order chi connectivity index (χ1) is 9.15. The molecule has 102 valence electrons. The summed E-state index contributed by atoms with van der Waals surface area (Å²) < 4.78 is 18.5. The third-order valence-electron chi connectivity index (χ3n) is 3.26. The smallest absolute Gasteiger partial charge is 0.124 e. The lowest BCUT2D eigenvalue weighted by atomic mass is 9.98. The van der Waals surface area contributed by atoms with Crippen molar-refractivity contribution in [1.29, 1.82) is 0 Å². The van der Waals surface area contributed by atoms with Gasteiger partial charge in [0.1, 0.15) is 11.6 Å². The molecule has 0 aliphatic carbocycles. The van der Waals surface area contributed by atoms with Crippen LogP contribution >= 0.6 is 11.6 Å². The Kier molecular flexibility index (Phi) is 4.61. The maximum Gasteiger partial charge on any atom is 0.124 e. The van der Waals surface area contributed by atoms with Gasteiger partial charge in [0.2, 0.25) is 0 Å². The number of likely N-dealkylation sites (N-methyl/N-ethyl adjacent to an activating group) is 1. The molecule has 0 spiro atoms. The highest BCUT2D eigenvalue weighted by atomic mass is 35.5. The minimum atomic E-state index is -0.313. The van der Waals surface area contributed by atoms with Crippen LogP contribution in [-0.2, 0) is 12.8 Å². The average Bonchev–Trinajstić information content (AvgIpc) is 2.86. The number of furan rings is 1. The van der Waals surface area contributed by atoms with Crippen molar-refractivity contribution < 1.29 is 8.81 Å². The number of hydrogen-bond acceptors (Lipinski definition) is 2. The summed E-state index contributed by atoms with van der Waals surface area (Å²) in [6.45, 7) is 2.06. The van der Waals surface area contributed by atoms with E-state index in [1.807, 2.05) is 13.1 Å². The zero-order valence-electron chi connectivity index (χ0n) is 11.0. The molecule has 1 unspecified atom stereocenters. The summed E-state index contributed by atoms with van der Waals surface area (Å²) >= 11 is 6.07. The zero-order chi connectivity index (χ0) is 13.8.